The smallest absolute Gasteiger partial charge is 0.308 e. The van der Waals surface area contributed by atoms with E-state index in [1.165, 1.54) is 7.11 Å². The van der Waals surface area contributed by atoms with Gasteiger partial charge in [0.2, 0.25) is 0 Å². The Morgan fingerprint density at radius 1 is 1.28 bits per heavy atom. The molecule has 0 aromatic rings. The van der Waals surface area contributed by atoms with Crippen molar-refractivity contribution in [2.24, 2.45) is 0 Å². The fourth-order valence-electron chi connectivity index (χ4n) is 3.90. The zero-order valence-corrected chi connectivity index (χ0v) is 10.5. The molecule has 1 spiro atoms. The summed E-state index contributed by atoms with van der Waals surface area (Å²) in [6.45, 7) is 0. The van der Waals surface area contributed by atoms with Crippen LogP contribution in [0.1, 0.15) is 32.1 Å². The molecule has 5 heteroatoms. The van der Waals surface area contributed by atoms with Gasteiger partial charge in [0.05, 0.1) is 43.5 Å². The van der Waals surface area contributed by atoms with Crippen molar-refractivity contribution in [3.8, 4) is 0 Å². The molecule has 5 nitrogen and oxygen atoms in total. The van der Waals surface area contributed by atoms with Crippen LogP contribution in [0, 0.1) is 0 Å². The van der Waals surface area contributed by atoms with Gasteiger partial charge in [0.25, 0.3) is 0 Å². The van der Waals surface area contributed by atoms with Gasteiger partial charge >= 0.3 is 5.97 Å². The number of rotatable bonds is 2. The third-order valence-corrected chi connectivity index (χ3v) is 4.78. The van der Waals surface area contributed by atoms with E-state index in [9.17, 15) is 4.79 Å². The van der Waals surface area contributed by atoms with Gasteiger partial charge in [0.15, 0.2) is 0 Å². The largest absolute Gasteiger partial charge is 0.469 e. The van der Waals surface area contributed by atoms with Gasteiger partial charge in [0, 0.05) is 12.8 Å². The van der Waals surface area contributed by atoms with Crippen LogP contribution in [0.5, 0.6) is 0 Å². The third-order valence-electron chi connectivity index (χ3n) is 4.78. The number of hydrogen-bond acceptors (Lipinski definition) is 5. The standard InChI is InChI=1S/C13H18O5/c1-15-11(14)4-7-2-3-10-13(18-7)5-8(16-10)12-9(6-13)17-12/h7-10,12H,2-6H2,1H3/t7?,8-,9-,10?,12+,13?/m1/s1. The van der Waals surface area contributed by atoms with E-state index in [0.717, 1.165) is 25.7 Å². The first-order valence-corrected chi connectivity index (χ1v) is 6.76. The van der Waals surface area contributed by atoms with Gasteiger partial charge in [-0.3, -0.25) is 4.79 Å². The zero-order chi connectivity index (χ0) is 12.3. The number of epoxide rings is 1. The molecule has 100 valence electrons. The van der Waals surface area contributed by atoms with Crippen molar-refractivity contribution in [2.75, 3.05) is 7.11 Å². The number of ether oxygens (including phenoxy) is 4. The quantitative estimate of drug-likeness (QED) is 0.539. The van der Waals surface area contributed by atoms with Crippen molar-refractivity contribution in [1.29, 1.82) is 0 Å². The van der Waals surface area contributed by atoms with Crippen molar-refractivity contribution in [2.45, 2.75) is 68.2 Å². The lowest BCUT2D eigenvalue weighted by molar-refractivity contribution is -0.178. The molecule has 4 aliphatic rings. The van der Waals surface area contributed by atoms with Crippen LogP contribution in [-0.4, -0.2) is 49.2 Å². The molecule has 0 amide bonds. The van der Waals surface area contributed by atoms with Gasteiger partial charge in [-0.25, -0.2) is 0 Å². The molecule has 0 radical (unpaired) electrons. The minimum Gasteiger partial charge on any atom is -0.469 e. The molecule has 18 heavy (non-hydrogen) atoms. The van der Waals surface area contributed by atoms with Gasteiger partial charge in [-0.05, 0) is 12.8 Å². The van der Waals surface area contributed by atoms with Crippen molar-refractivity contribution in [3.05, 3.63) is 0 Å². The van der Waals surface area contributed by atoms with Crippen LogP contribution in [0.3, 0.4) is 0 Å². The summed E-state index contributed by atoms with van der Waals surface area (Å²) < 4.78 is 22.6. The second-order valence-corrected chi connectivity index (χ2v) is 5.87. The predicted octanol–water partition coefficient (Wildman–Crippen LogP) is 0.796. The summed E-state index contributed by atoms with van der Waals surface area (Å²) in [4.78, 5) is 11.4. The highest BCUT2D eigenvalue weighted by atomic mass is 16.6. The summed E-state index contributed by atoms with van der Waals surface area (Å²) in [5.41, 5.74) is -0.195. The Balaban J connectivity index is 1.50. The fraction of sp³-hybridized carbons (Fsp3) is 0.923. The van der Waals surface area contributed by atoms with Crippen LogP contribution < -0.4 is 0 Å². The molecule has 3 saturated heterocycles. The average molecular weight is 254 g/mol. The summed E-state index contributed by atoms with van der Waals surface area (Å²) in [7, 11) is 1.42. The van der Waals surface area contributed by atoms with Crippen LogP contribution in [-0.2, 0) is 23.7 Å². The van der Waals surface area contributed by atoms with E-state index in [-0.39, 0.29) is 29.9 Å². The molecule has 4 fully saturated rings. The van der Waals surface area contributed by atoms with Crippen LogP contribution >= 0.6 is 0 Å². The number of methoxy groups -OCH3 is 1. The topological polar surface area (TPSA) is 57.3 Å². The first-order chi connectivity index (χ1) is 8.70. The Hall–Kier alpha value is -0.650. The van der Waals surface area contributed by atoms with E-state index in [2.05, 4.69) is 0 Å². The molecule has 3 unspecified atom stereocenters. The Bertz CT molecular complexity index is 380. The Morgan fingerprint density at radius 3 is 2.83 bits per heavy atom. The Labute approximate surface area is 106 Å². The van der Waals surface area contributed by atoms with E-state index in [0.29, 0.717) is 18.6 Å². The lowest BCUT2D eigenvalue weighted by atomic mass is 9.78. The Morgan fingerprint density at radius 2 is 2.06 bits per heavy atom. The van der Waals surface area contributed by atoms with Crippen LogP contribution in [0.4, 0.5) is 0 Å². The summed E-state index contributed by atoms with van der Waals surface area (Å²) >= 11 is 0. The second kappa shape index (κ2) is 3.68. The monoisotopic (exact) mass is 254 g/mol. The molecule has 1 aliphatic carbocycles. The van der Waals surface area contributed by atoms with Gasteiger partial charge in [-0.15, -0.1) is 0 Å². The Kier molecular flexibility index (Phi) is 2.29. The molecule has 0 aromatic carbocycles. The van der Waals surface area contributed by atoms with E-state index in [1.807, 2.05) is 0 Å². The van der Waals surface area contributed by atoms with Crippen molar-refractivity contribution in [1.82, 2.24) is 0 Å². The number of hydrogen-bond donors (Lipinski definition) is 0. The molecule has 1 saturated carbocycles. The lowest BCUT2D eigenvalue weighted by Gasteiger charge is -2.42. The minimum atomic E-state index is -0.195. The number of fused-ring (bicyclic) bond motifs is 3. The molecule has 3 heterocycles. The summed E-state index contributed by atoms with van der Waals surface area (Å²) in [5, 5.41) is 0. The van der Waals surface area contributed by atoms with E-state index >= 15 is 0 Å². The molecule has 6 atom stereocenters. The predicted molar refractivity (Wildman–Crippen MR) is 60.0 cm³/mol. The van der Waals surface area contributed by atoms with E-state index < -0.39 is 0 Å². The van der Waals surface area contributed by atoms with Crippen molar-refractivity contribution >= 4 is 5.97 Å². The second-order valence-electron chi connectivity index (χ2n) is 5.87. The number of carbonyl (C=O) groups excluding carboxylic acids is 1. The van der Waals surface area contributed by atoms with E-state index in [4.69, 9.17) is 18.9 Å². The van der Waals surface area contributed by atoms with E-state index in [1.54, 1.807) is 0 Å². The van der Waals surface area contributed by atoms with Gasteiger partial charge < -0.3 is 18.9 Å². The highest BCUT2D eigenvalue weighted by Crippen LogP contribution is 2.55. The summed E-state index contributed by atoms with van der Waals surface area (Å²) in [6, 6.07) is 0. The number of esters is 1. The first kappa shape index (κ1) is 11.2. The fourth-order valence-corrected chi connectivity index (χ4v) is 3.90. The van der Waals surface area contributed by atoms with Crippen molar-refractivity contribution in [3.63, 3.8) is 0 Å². The van der Waals surface area contributed by atoms with Gasteiger partial charge in [-0.1, -0.05) is 0 Å². The van der Waals surface area contributed by atoms with Gasteiger partial charge in [-0.2, -0.15) is 0 Å². The normalized spacial score (nSPS) is 52.4. The molecule has 4 rings (SSSR count). The van der Waals surface area contributed by atoms with Crippen LogP contribution in [0.2, 0.25) is 0 Å². The maximum absolute atomic E-state index is 11.4. The molecule has 3 aliphatic heterocycles. The highest BCUT2D eigenvalue weighted by Gasteiger charge is 2.66. The van der Waals surface area contributed by atoms with Crippen LogP contribution in [0.25, 0.3) is 0 Å². The summed E-state index contributed by atoms with van der Waals surface area (Å²) in [5.74, 6) is -0.193. The third kappa shape index (κ3) is 1.54. The zero-order valence-electron chi connectivity index (χ0n) is 10.5. The average Bonchev–Trinajstić information content (AvgIpc) is 3.04. The maximum atomic E-state index is 11.4. The summed E-state index contributed by atoms with van der Waals surface area (Å²) in [6.07, 6.45) is 5.10. The minimum absolute atomic E-state index is 0.0219. The number of carbonyl (C=O) groups is 1. The van der Waals surface area contributed by atoms with Crippen LogP contribution in [0.15, 0.2) is 0 Å². The van der Waals surface area contributed by atoms with Crippen molar-refractivity contribution < 1.29 is 23.7 Å². The maximum Gasteiger partial charge on any atom is 0.308 e. The van der Waals surface area contributed by atoms with Gasteiger partial charge in [0.1, 0.15) is 6.10 Å². The first-order valence-electron chi connectivity index (χ1n) is 6.76. The molecular formula is C13H18O5. The lowest BCUT2D eigenvalue weighted by Crippen LogP contribution is -2.50. The molecule has 2 bridgehead atoms. The SMILES string of the molecule is COC(=O)CC1CCC2O[C@@H]3CC2(C[C@H]2O[C@@H]32)O1. The highest BCUT2D eigenvalue weighted by molar-refractivity contribution is 5.69. The molecule has 0 aromatic heterocycles. The molecular weight excluding hydrogens is 236 g/mol. The molecule has 0 N–H and O–H groups in total.